The summed E-state index contributed by atoms with van der Waals surface area (Å²) in [4.78, 5) is 39.4. The van der Waals surface area contributed by atoms with Gasteiger partial charge in [-0.1, -0.05) is 6.07 Å². The number of H-pyrrole nitrogens is 1. The number of fused-ring (bicyclic) bond motifs is 1. The van der Waals surface area contributed by atoms with Gasteiger partial charge in [0.2, 0.25) is 12.6 Å². The molecule has 2 aromatic rings. The second-order valence-electron chi connectivity index (χ2n) is 6.62. The molecule has 0 aliphatic carbocycles. The van der Waals surface area contributed by atoms with Gasteiger partial charge in [0.25, 0.3) is 0 Å². The van der Waals surface area contributed by atoms with Gasteiger partial charge in [0, 0.05) is 17.7 Å². The molecule has 29 heavy (non-hydrogen) atoms. The van der Waals surface area contributed by atoms with Gasteiger partial charge in [-0.15, -0.1) is 0 Å². The summed E-state index contributed by atoms with van der Waals surface area (Å²) in [5, 5.41) is 0. The number of aryl methyl sites for hydroxylation is 2. The van der Waals surface area contributed by atoms with Crippen LogP contribution in [0.25, 0.3) is 0 Å². The summed E-state index contributed by atoms with van der Waals surface area (Å²) in [6.45, 7) is 5.09. The third kappa shape index (κ3) is 4.59. The van der Waals surface area contributed by atoms with Gasteiger partial charge in [0.1, 0.15) is 5.69 Å². The van der Waals surface area contributed by atoms with E-state index in [2.05, 4.69) is 4.98 Å². The molecule has 154 valence electrons. The van der Waals surface area contributed by atoms with Crippen molar-refractivity contribution in [1.82, 2.24) is 4.98 Å². The van der Waals surface area contributed by atoms with Crippen LogP contribution in [0.1, 0.15) is 51.0 Å². The van der Waals surface area contributed by atoms with Crippen molar-refractivity contribution in [3.8, 4) is 11.5 Å². The van der Waals surface area contributed by atoms with E-state index in [0.29, 0.717) is 34.7 Å². The molecule has 0 saturated heterocycles. The van der Waals surface area contributed by atoms with Crippen LogP contribution >= 0.6 is 0 Å². The van der Waals surface area contributed by atoms with Gasteiger partial charge in [0.05, 0.1) is 6.61 Å². The fraction of sp³-hybridized carbons (Fsp3) is 0.381. The third-order valence-electron chi connectivity index (χ3n) is 4.61. The van der Waals surface area contributed by atoms with Gasteiger partial charge in [-0.2, -0.15) is 0 Å². The molecule has 8 heteroatoms. The lowest BCUT2D eigenvalue weighted by atomic mass is 10.1. The fourth-order valence-corrected chi connectivity index (χ4v) is 3.21. The average Bonchev–Trinajstić information content (AvgIpc) is 3.28. The Labute approximate surface area is 168 Å². The summed E-state index contributed by atoms with van der Waals surface area (Å²) < 4.78 is 20.7. The van der Waals surface area contributed by atoms with E-state index >= 15 is 0 Å². The van der Waals surface area contributed by atoms with Gasteiger partial charge < -0.3 is 23.9 Å². The van der Waals surface area contributed by atoms with E-state index in [0.717, 1.165) is 5.56 Å². The lowest BCUT2D eigenvalue weighted by Crippen LogP contribution is -2.16. The molecule has 1 aromatic carbocycles. The van der Waals surface area contributed by atoms with E-state index in [-0.39, 0.29) is 37.9 Å². The number of aromatic amines is 1. The number of Topliss-reactive ketones (excluding diaryl/α,β-unsaturated/α-hetero) is 1. The summed E-state index contributed by atoms with van der Waals surface area (Å²) in [6, 6.07) is 5.48. The molecule has 0 spiro atoms. The highest BCUT2D eigenvalue weighted by molar-refractivity contribution is 6.03. The van der Waals surface area contributed by atoms with Crippen LogP contribution in [0, 0.1) is 13.8 Å². The first-order valence-electron chi connectivity index (χ1n) is 9.34. The van der Waals surface area contributed by atoms with Crippen molar-refractivity contribution in [2.24, 2.45) is 0 Å². The first kappa shape index (κ1) is 20.4. The molecule has 2 heterocycles. The number of nitrogens with one attached hydrogen (secondary N) is 1. The predicted octanol–water partition coefficient (Wildman–Crippen LogP) is 2.90. The first-order chi connectivity index (χ1) is 13.9. The molecule has 8 nitrogen and oxygen atoms in total. The van der Waals surface area contributed by atoms with Gasteiger partial charge in [-0.25, -0.2) is 4.79 Å². The summed E-state index contributed by atoms with van der Waals surface area (Å²) in [6.07, 6.45) is 0.588. The number of carbonyl (C=O) groups is 3. The van der Waals surface area contributed by atoms with E-state index in [1.165, 1.54) is 0 Å². The zero-order valence-electron chi connectivity index (χ0n) is 16.6. The van der Waals surface area contributed by atoms with Gasteiger partial charge in [0.15, 0.2) is 18.1 Å². The lowest BCUT2D eigenvalue weighted by molar-refractivity contribution is -0.142. The molecule has 0 atom stereocenters. The molecular formula is C21H23NO7. The Hall–Kier alpha value is -3.29. The minimum Gasteiger partial charge on any atom is -0.461 e. The van der Waals surface area contributed by atoms with Crippen LogP contribution in [0.5, 0.6) is 11.5 Å². The molecule has 1 aromatic heterocycles. The number of ketones is 1. The Kier molecular flexibility index (Phi) is 6.21. The third-order valence-corrected chi connectivity index (χ3v) is 4.61. The highest BCUT2D eigenvalue weighted by atomic mass is 16.7. The molecule has 0 fully saturated rings. The molecule has 0 radical (unpaired) electrons. The Balaban J connectivity index is 1.54. The van der Waals surface area contributed by atoms with Crippen LogP contribution in [0.3, 0.4) is 0 Å². The standard InChI is InChI=1S/C21H23NO7/c1-4-26-21(25)20-12(2)19(13(3)22-20)15(23)10-27-18(24)8-6-14-5-7-16-17(9-14)29-11-28-16/h5,7,9,22H,4,6,8,10-11H2,1-3H3. The number of aromatic nitrogens is 1. The van der Waals surface area contributed by atoms with Crippen LogP contribution in [0.15, 0.2) is 18.2 Å². The normalized spacial score (nSPS) is 12.0. The van der Waals surface area contributed by atoms with Crippen LogP contribution in [-0.4, -0.2) is 42.7 Å². The first-order valence-corrected chi connectivity index (χ1v) is 9.34. The Morgan fingerprint density at radius 2 is 1.86 bits per heavy atom. The zero-order valence-corrected chi connectivity index (χ0v) is 16.6. The summed E-state index contributed by atoms with van der Waals surface area (Å²) >= 11 is 0. The molecule has 0 amide bonds. The van der Waals surface area contributed by atoms with E-state index in [1.807, 2.05) is 12.1 Å². The van der Waals surface area contributed by atoms with Crippen LogP contribution in [0.4, 0.5) is 0 Å². The Morgan fingerprint density at radius 1 is 1.10 bits per heavy atom. The van der Waals surface area contributed by atoms with E-state index in [4.69, 9.17) is 18.9 Å². The smallest absolute Gasteiger partial charge is 0.355 e. The molecule has 0 saturated carbocycles. The van der Waals surface area contributed by atoms with E-state index < -0.39 is 11.9 Å². The van der Waals surface area contributed by atoms with Gasteiger partial charge >= 0.3 is 11.9 Å². The molecular weight excluding hydrogens is 378 g/mol. The highest BCUT2D eigenvalue weighted by Gasteiger charge is 2.23. The maximum Gasteiger partial charge on any atom is 0.355 e. The monoisotopic (exact) mass is 401 g/mol. The fourth-order valence-electron chi connectivity index (χ4n) is 3.21. The summed E-state index contributed by atoms with van der Waals surface area (Å²) in [5.41, 5.74) is 2.52. The number of hydrogen-bond acceptors (Lipinski definition) is 7. The molecule has 1 aliphatic heterocycles. The lowest BCUT2D eigenvalue weighted by Gasteiger charge is -2.06. The molecule has 1 aliphatic rings. The van der Waals surface area contributed by atoms with Crippen molar-refractivity contribution in [1.29, 1.82) is 0 Å². The molecule has 0 bridgehead atoms. The number of esters is 2. The summed E-state index contributed by atoms with van der Waals surface area (Å²) in [5.74, 6) is -0.0354. The SMILES string of the molecule is CCOC(=O)c1[nH]c(C)c(C(=O)COC(=O)CCc2ccc3c(c2)OCO3)c1C. The second-order valence-corrected chi connectivity index (χ2v) is 6.62. The Morgan fingerprint density at radius 3 is 2.62 bits per heavy atom. The van der Waals surface area contributed by atoms with Crippen LogP contribution < -0.4 is 9.47 Å². The van der Waals surface area contributed by atoms with Crippen molar-refractivity contribution in [3.05, 3.63) is 46.3 Å². The van der Waals surface area contributed by atoms with Crippen molar-refractivity contribution in [2.45, 2.75) is 33.6 Å². The minimum atomic E-state index is -0.520. The van der Waals surface area contributed by atoms with Gasteiger partial charge in [-0.05, 0) is 50.5 Å². The van der Waals surface area contributed by atoms with E-state index in [1.54, 1.807) is 26.8 Å². The Bertz CT molecular complexity index is 945. The van der Waals surface area contributed by atoms with Crippen molar-refractivity contribution < 1.29 is 33.3 Å². The van der Waals surface area contributed by atoms with Crippen LogP contribution in [-0.2, 0) is 20.7 Å². The van der Waals surface area contributed by atoms with Crippen molar-refractivity contribution in [3.63, 3.8) is 0 Å². The zero-order chi connectivity index (χ0) is 21.0. The topological polar surface area (TPSA) is 104 Å². The van der Waals surface area contributed by atoms with Gasteiger partial charge in [-0.3, -0.25) is 9.59 Å². The molecule has 0 unspecified atom stereocenters. The highest BCUT2D eigenvalue weighted by Crippen LogP contribution is 2.32. The number of hydrogen-bond donors (Lipinski definition) is 1. The predicted molar refractivity (Wildman–Crippen MR) is 102 cm³/mol. The average molecular weight is 401 g/mol. The van der Waals surface area contributed by atoms with E-state index in [9.17, 15) is 14.4 Å². The van der Waals surface area contributed by atoms with Crippen LogP contribution in [0.2, 0.25) is 0 Å². The number of ether oxygens (including phenoxy) is 4. The number of benzene rings is 1. The van der Waals surface area contributed by atoms with Crippen molar-refractivity contribution in [2.75, 3.05) is 20.0 Å². The maximum absolute atomic E-state index is 12.5. The summed E-state index contributed by atoms with van der Waals surface area (Å²) in [7, 11) is 0. The largest absolute Gasteiger partial charge is 0.461 e. The quantitative estimate of drug-likeness (QED) is 0.536. The number of rotatable bonds is 8. The minimum absolute atomic E-state index is 0.131. The molecule has 3 rings (SSSR count). The number of carbonyl (C=O) groups excluding carboxylic acids is 3. The second kappa shape index (κ2) is 8.81. The molecule has 1 N–H and O–H groups in total. The maximum atomic E-state index is 12.5. The van der Waals surface area contributed by atoms with Crippen molar-refractivity contribution >= 4 is 17.7 Å².